The highest BCUT2D eigenvalue weighted by Gasteiger charge is 2.04. The number of nitrogens with zero attached hydrogens (tertiary/aromatic N) is 1. The molecule has 0 saturated carbocycles. The van der Waals surface area contributed by atoms with Crippen molar-refractivity contribution in [2.75, 3.05) is 20.3 Å². The lowest BCUT2D eigenvalue weighted by Gasteiger charge is -2.10. The summed E-state index contributed by atoms with van der Waals surface area (Å²) in [5, 5.41) is 0. The van der Waals surface area contributed by atoms with Crippen molar-refractivity contribution in [1.82, 2.24) is 4.90 Å². The number of methoxy groups -OCH3 is 1. The molecule has 2 aromatic carbocycles. The maximum Gasteiger partial charge on any atom is 0.225 e. The topological polar surface area (TPSA) is 46.6 Å². The largest absolute Gasteiger partial charge is 0.383 e. The van der Waals surface area contributed by atoms with Crippen molar-refractivity contribution < 1.29 is 14.3 Å². The smallest absolute Gasteiger partial charge is 0.225 e. The van der Waals surface area contributed by atoms with Crippen molar-refractivity contribution in [1.29, 1.82) is 0 Å². The molecule has 0 radical (unpaired) electrons. The van der Waals surface area contributed by atoms with E-state index in [0.29, 0.717) is 19.6 Å². The Morgan fingerprint density at radius 1 is 1.08 bits per heavy atom. The van der Waals surface area contributed by atoms with Gasteiger partial charge in [-0.05, 0) is 12.5 Å². The van der Waals surface area contributed by atoms with Gasteiger partial charge in [0.2, 0.25) is 12.3 Å². The van der Waals surface area contributed by atoms with Crippen LogP contribution in [0.4, 0.5) is 0 Å². The van der Waals surface area contributed by atoms with Gasteiger partial charge < -0.3 is 4.74 Å². The molecule has 0 unspecified atom stereocenters. The van der Waals surface area contributed by atoms with Crippen molar-refractivity contribution in [3.05, 3.63) is 78.4 Å². The first-order valence-corrected chi connectivity index (χ1v) is 7.95. The van der Waals surface area contributed by atoms with Crippen LogP contribution in [0.15, 0.2) is 67.2 Å². The van der Waals surface area contributed by atoms with E-state index in [9.17, 15) is 9.59 Å². The molecule has 0 saturated heterocycles. The van der Waals surface area contributed by atoms with E-state index >= 15 is 0 Å². The van der Waals surface area contributed by atoms with E-state index in [-0.39, 0.29) is 5.91 Å². The highest BCUT2D eigenvalue weighted by atomic mass is 16.5. The molecule has 0 aliphatic heterocycles. The Hall–Kier alpha value is -2.72. The van der Waals surface area contributed by atoms with Crippen LogP contribution >= 0.6 is 0 Å². The van der Waals surface area contributed by atoms with Crippen molar-refractivity contribution in [3.8, 4) is 0 Å². The first-order valence-electron chi connectivity index (χ1n) is 7.95. The molecule has 2 rings (SSSR count). The summed E-state index contributed by atoms with van der Waals surface area (Å²) in [6, 6.07) is 20.3. The van der Waals surface area contributed by atoms with Crippen LogP contribution in [0, 0.1) is 6.92 Å². The summed E-state index contributed by atoms with van der Waals surface area (Å²) in [7, 11) is 1.52. The average Bonchev–Trinajstić information content (AvgIpc) is 2.64. The Morgan fingerprint density at radius 2 is 1.60 bits per heavy atom. The molecule has 0 aliphatic carbocycles. The van der Waals surface area contributed by atoms with Crippen LogP contribution in [0.2, 0.25) is 0 Å². The van der Waals surface area contributed by atoms with Crippen molar-refractivity contribution in [2.24, 2.45) is 0 Å². The Morgan fingerprint density at radius 3 is 1.88 bits per heavy atom. The highest BCUT2D eigenvalue weighted by Crippen LogP contribution is 1.97. The quantitative estimate of drug-likeness (QED) is 0.773. The van der Waals surface area contributed by atoms with Gasteiger partial charge in [-0.1, -0.05) is 78.9 Å². The third-order valence-electron chi connectivity index (χ3n) is 3.04. The lowest BCUT2D eigenvalue weighted by atomic mass is 10.2. The second kappa shape index (κ2) is 14.8. The maximum absolute atomic E-state index is 10.5. The number of rotatable bonds is 5. The monoisotopic (exact) mass is 341 g/mol. The van der Waals surface area contributed by atoms with Gasteiger partial charge in [-0.15, -0.1) is 0 Å². The number of carbonyl (C=O) groups excluding carboxylic acids is 2. The SMILES string of the molecule is C=Cc1ccccc1.COCCN(C=O)C(C)=O.Cc1ccccc1. The minimum Gasteiger partial charge on any atom is -0.383 e. The predicted octanol–water partition coefficient (Wildman–Crippen LogP) is 3.96. The molecule has 0 bridgehead atoms. The molecule has 0 atom stereocenters. The summed E-state index contributed by atoms with van der Waals surface area (Å²) in [5.41, 5.74) is 2.50. The molecule has 2 aromatic rings. The highest BCUT2D eigenvalue weighted by molar-refractivity contribution is 5.83. The number of imide groups is 1. The Kier molecular flexibility index (Phi) is 13.2. The third-order valence-corrected chi connectivity index (χ3v) is 3.04. The number of carbonyl (C=O) groups is 2. The van der Waals surface area contributed by atoms with Crippen LogP contribution in [0.1, 0.15) is 18.1 Å². The van der Waals surface area contributed by atoms with E-state index in [0.717, 1.165) is 4.90 Å². The summed E-state index contributed by atoms with van der Waals surface area (Å²) >= 11 is 0. The zero-order chi connectivity index (χ0) is 18.9. The van der Waals surface area contributed by atoms with E-state index in [1.54, 1.807) is 0 Å². The lowest BCUT2D eigenvalue weighted by Crippen LogP contribution is -2.30. The van der Waals surface area contributed by atoms with Crippen LogP contribution in [0.25, 0.3) is 6.08 Å². The maximum atomic E-state index is 10.5. The molecule has 0 fully saturated rings. The van der Waals surface area contributed by atoms with Gasteiger partial charge in [0.15, 0.2) is 0 Å². The molecule has 0 N–H and O–H groups in total. The van der Waals surface area contributed by atoms with Crippen LogP contribution in [0.3, 0.4) is 0 Å². The number of amides is 2. The average molecular weight is 341 g/mol. The number of benzene rings is 2. The summed E-state index contributed by atoms with van der Waals surface area (Å²) in [6.45, 7) is 7.77. The van der Waals surface area contributed by atoms with Crippen molar-refractivity contribution >= 4 is 18.4 Å². The van der Waals surface area contributed by atoms with Crippen LogP contribution in [0.5, 0.6) is 0 Å². The molecule has 4 nitrogen and oxygen atoms in total. The normalized spacial score (nSPS) is 8.76. The van der Waals surface area contributed by atoms with E-state index in [1.807, 2.05) is 54.6 Å². The molecular formula is C21H27NO3. The van der Waals surface area contributed by atoms with E-state index in [2.05, 4.69) is 30.4 Å². The molecule has 0 spiro atoms. The molecule has 0 aliphatic rings. The van der Waals surface area contributed by atoms with Gasteiger partial charge in [-0.25, -0.2) is 0 Å². The first-order chi connectivity index (χ1) is 12.0. The molecule has 2 amide bonds. The number of ether oxygens (including phenoxy) is 1. The standard InChI is InChI=1S/C8H8.C7H8.C6H11NO3/c1-2-8-6-4-3-5-7-8;1-7-5-3-2-4-6-7;1-6(9)7(5-8)3-4-10-2/h2-7H,1H2;2-6H,1H3;5H,3-4H2,1-2H3. The van der Waals surface area contributed by atoms with Gasteiger partial charge >= 0.3 is 0 Å². The van der Waals surface area contributed by atoms with Gasteiger partial charge in [-0.3, -0.25) is 14.5 Å². The summed E-state index contributed by atoms with van der Waals surface area (Å²) in [5.74, 6) is -0.257. The van der Waals surface area contributed by atoms with Crippen LogP contribution in [-0.2, 0) is 14.3 Å². The van der Waals surface area contributed by atoms with E-state index in [4.69, 9.17) is 0 Å². The summed E-state index contributed by atoms with van der Waals surface area (Å²) < 4.78 is 4.67. The Balaban J connectivity index is 0.000000350. The van der Waals surface area contributed by atoms with Gasteiger partial charge in [0, 0.05) is 14.0 Å². The summed E-state index contributed by atoms with van der Waals surface area (Å²) in [6.07, 6.45) is 2.33. The van der Waals surface area contributed by atoms with Gasteiger partial charge in [-0.2, -0.15) is 0 Å². The van der Waals surface area contributed by atoms with Crippen molar-refractivity contribution in [2.45, 2.75) is 13.8 Å². The molecular weight excluding hydrogens is 314 g/mol. The fourth-order valence-electron chi connectivity index (χ4n) is 1.60. The zero-order valence-corrected chi connectivity index (χ0v) is 15.2. The number of hydrogen-bond acceptors (Lipinski definition) is 3. The minimum absolute atomic E-state index is 0.257. The molecule has 134 valence electrons. The first kappa shape index (κ1) is 22.3. The second-order valence-electron chi connectivity index (χ2n) is 5.08. The third kappa shape index (κ3) is 12.4. The molecule has 25 heavy (non-hydrogen) atoms. The number of hydrogen-bond donors (Lipinski definition) is 0. The Labute approximate surface area is 150 Å². The zero-order valence-electron chi connectivity index (χ0n) is 15.2. The molecule has 0 heterocycles. The van der Waals surface area contributed by atoms with E-state index < -0.39 is 0 Å². The van der Waals surface area contributed by atoms with Crippen LogP contribution in [-0.4, -0.2) is 37.5 Å². The fraction of sp³-hybridized carbons (Fsp3) is 0.238. The van der Waals surface area contributed by atoms with Crippen LogP contribution < -0.4 is 0 Å². The van der Waals surface area contributed by atoms with E-state index in [1.165, 1.54) is 25.2 Å². The van der Waals surface area contributed by atoms with Gasteiger partial charge in [0.25, 0.3) is 0 Å². The van der Waals surface area contributed by atoms with Crippen molar-refractivity contribution in [3.63, 3.8) is 0 Å². The molecule has 4 heteroatoms. The van der Waals surface area contributed by atoms with Gasteiger partial charge in [0.1, 0.15) is 0 Å². The second-order valence-corrected chi connectivity index (χ2v) is 5.08. The Bertz CT molecular complexity index is 597. The lowest BCUT2D eigenvalue weighted by molar-refractivity contribution is -0.137. The fourth-order valence-corrected chi connectivity index (χ4v) is 1.60. The number of aryl methyl sites for hydroxylation is 1. The minimum atomic E-state index is -0.257. The molecule has 0 aromatic heterocycles. The summed E-state index contributed by atoms with van der Waals surface area (Å²) in [4.78, 5) is 21.7. The predicted molar refractivity (Wildman–Crippen MR) is 103 cm³/mol. The van der Waals surface area contributed by atoms with Gasteiger partial charge in [0.05, 0.1) is 13.2 Å².